The standard InChI is InChI=1S/C13H18F3N3/c1-2-19(10-6-7-10)9-8-17-12-5-3-4-11(18-12)13(14,15)16/h3-5,10H,2,6-9H2,1H3,(H,17,18). The van der Waals surface area contributed by atoms with Gasteiger partial charge in [0.25, 0.3) is 0 Å². The number of alkyl halides is 3. The summed E-state index contributed by atoms with van der Waals surface area (Å²) in [5, 5.41) is 2.95. The van der Waals surface area contributed by atoms with Crippen LogP contribution in [0.5, 0.6) is 0 Å². The van der Waals surface area contributed by atoms with Gasteiger partial charge >= 0.3 is 6.18 Å². The van der Waals surface area contributed by atoms with Gasteiger partial charge in [-0.05, 0) is 31.5 Å². The van der Waals surface area contributed by atoms with E-state index in [-0.39, 0.29) is 5.82 Å². The molecule has 3 nitrogen and oxygen atoms in total. The van der Waals surface area contributed by atoms with Crippen molar-refractivity contribution < 1.29 is 13.2 Å². The number of rotatable bonds is 6. The summed E-state index contributed by atoms with van der Waals surface area (Å²) < 4.78 is 37.5. The number of likely N-dealkylation sites (N-methyl/N-ethyl adjacent to an activating group) is 1. The van der Waals surface area contributed by atoms with Gasteiger partial charge in [-0.1, -0.05) is 13.0 Å². The lowest BCUT2D eigenvalue weighted by Crippen LogP contribution is -2.31. The Balaban J connectivity index is 1.85. The maximum Gasteiger partial charge on any atom is 0.433 e. The monoisotopic (exact) mass is 273 g/mol. The molecule has 0 bridgehead atoms. The topological polar surface area (TPSA) is 28.2 Å². The Morgan fingerprint density at radius 2 is 2.11 bits per heavy atom. The van der Waals surface area contributed by atoms with Gasteiger partial charge in [0, 0.05) is 19.1 Å². The van der Waals surface area contributed by atoms with Crippen LogP contribution >= 0.6 is 0 Å². The first-order valence-electron chi connectivity index (χ1n) is 6.53. The van der Waals surface area contributed by atoms with Crippen LogP contribution in [0.2, 0.25) is 0 Å². The first kappa shape index (κ1) is 14.1. The van der Waals surface area contributed by atoms with Gasteiger partial charge in [-0.2, -0.15) is 13.2 Å². The molecule has 0 amide bonds. The molecule has 1 N–H and O–H groups in total. The third-order valence-corrected chi connectivity index (χ3v) is 3.21. The maximum absolute atomic E-state index is 12.5. The number of nitrogens with one attached hydrogen (secondary N) is 1. The minimum Gasteiger partial charge on any atom is -0.369 e. The molecule has 1 aromatic rings. The summed E-state index contributed by atoms with van der Waals surface area (Å²) in [5.41, 5.74) is -0.855. The predicted molar refractivity (Wildman–Crippen MR) is 68.0 cm³/mol. The van der Waals surface area contributed by atoms with Crippen LogP contribution in [0.25, 0.3) is 0 Å². The van der Waals surface area contributed by atoms with Crippen molar-refractivity contribution in [3.63, 3.8) is 0 Å². The number of hydrogen-bond donors (Lipinski definition) is 1. The fourth-order valence-electron chi connectivity index (χ4n) is 2.06. The molecule has 0 atom stereocenters. The molecule has 106 valence electrons. The quantitative estimate of drug-likeness (QED) is 0.863. The van der Waals surface area contributed by atoms with Crippen molar-refractivity contribution >= 4 is 5.82 Å². The van der Waals surface area contributed by atoms with Crippen molar-refractivity contribution in [1.82, 2.24) is 9.88 Å². The van der Waals surface area contributed by atoms with Crippen LogP contribution in [0.4, 0.5) is 19.0 Å². The zero-order chi connectivity index (χ0) is 13.9. The minimum absolute atomic E-state index is 0.279. The van der Waals surface area contributed by atoms with Crippen LogP contribution < -0.4 is 5.32 Å². The highest BCUT2D eigenvalue weighted by atomic mass is 19.4. The number of nitrogens with zero attached hydrogens (tertiary/aromatic N) is 2. The summed E-state index contributed by atoms with van der Waals surface area (Å²) in [6.07, 6.45) is -1.92. The number of anilines is 1. The first-order chi connectivity index (χ1) is 9.00. The van der Waals surface area contributed by atoms with E-state index in [1.165, 1.54) is 18.9 Å². The lowest BCUT2D eigenvalue weighted by Gasteiger charge is -2.20. The molecule has 0 spiro atoms. The summed E-state index contributed by atoms with van der Waals surface area (Å²) >= 11 is 0. The summed E-state index contributed by atoms with van der Waals surface area (Å²) in [6, 6.07) is 4.58. The van der Waals surface area contributed by atoms with Gasteiger partial charge in [0.2, 0.25) is 0 Å². The fourth-order valence-corrected chi connectivity index (χ4v) is 2.06. The van der Waals surface area contributed by atoms with E-state index >= 15 is 0 Å². The molecular formula is C13H18F3N3. The number of halogens is 3. The molecule has 0 radical (unpaired) electrons. The second-order valence-corrected chi connectivity index (χ2v) is 4.69. The van der Waals surface area contributed by atoms with E-state index in [4.69, 9.17) is 0 Å². The SMILES string of the molecule is CCN(CCNc1cccc(C(F)(F)F)n1)C1CC1. The van der Waals surface area contributed by atoms with Gasteiger partial charge in [0.05, 0.1) is 0 Å². The van der Waals surface area contributed by atoms with E-state index in [2.05, 4.69) is 22.1 Å². The van der Waals surface area contributed by atoms with Crippen LogP contribution in [0.3, 0.4) is 0 Å². The van der Waals surface area contributed by atoms with E-state index in [1.807, 2.05) is 0 Å². The van der Waals surface area contributed by atoms with Crippen molar-refractivity contribution in [1.29, 1.82) is 0 Å². The highest BCUT2D eigenvalue weighted by Crippen LogP contribution is 2.28. The van der Waals surface area contributed by atoms with Crippen LogP contribution in [-0.4, -0.2) is 35.6 Å². The van der Waals surface area contributed by atoms with Gasteiger partial charge in [-0.15, -0.1) is 0 Å². The Bertz CT molecular complexity index is 416. The average Bonchev–Trinajstić information content (AvgIpc) is 3.18. The lowest BCUT2D eigenvalue weighted by atomic mass is 10.3. The van der Waals surface area contributed by atoms with Crippen LogP contribution in [0, 0.1) is 0 Å². The van der Waals surface area contributed by atoms with Gasteiger partial charge in [0.1, 0.15) is 11.5 Å². The molecule has 0 aliphatic heterocycles. The second kappa shape index (κ2) is 5.77. The van der Waals surface area contributed by atoms with Crippen molar-refractivity contribution in [3.8, 4) is 0 Å². The average molecular weight is 273 g/mol. The second-order valence-electron chi connectivity index (χ2n) is 4.69. The van der Waals surface area contributed by atoms with E-state index in [0.29, 0.717) is 12.6 Å². The summed E-state index contributed by atoms with van der Waals surface area (Å²) in [6.45, 7) is 4.51. The number of pyridine rings is 1. The molecule has 19 heavy (non-hydrogen) atoms. The highest BCUT2D eigenvalue weighted by molar-refractivity contribution is 5.35. The maximum atomic E-state index is 12.5. The molecule has 0 saturated heterocycles. The molecular weight excluding hydrogens is 255 g/mol. The van der Waals surface area contributed by atoms with Gasteiger partial charge in [-0.25, -0.2) is 4.98 Å². The zero-order valence-corrected chi connectivity index (χ0v) is 10.9. The van der Waals surface area contributed by atoms with Crippen molar-refractivity contribution in [2.75, 3.05) is 25.0 Å². The lowest BCUT2D eigenvalue weighted by molar-refractivity contribution is -0.141. The normalized spacial score (nSPS) is 15.8. The molecule has 1 saturated carbocycles. The van der Waals surface area contributed by atoms with Gasteiger partial charge in [-0.3, -0.25) is 4.90 Å². The van der Waals surface area contributed by atoms with Crippen LogP contribution in [0.1, 0.15) is 25.5 Å². The first-order valence-corrected chi connectivity index (χ1v) is 6.53. The third-order valence-electron chi connectivity index (χ3n) is 3.21. The molecule has 0 aromatic carbocycles. The Labute approximate surface area is 110 Å². The van der Waals surface area contributed by atoms with Gasteiger partial charge in [0.15, 0.2) is 0 Å². The third kappa shape index (κ3) is 4.09. The summed E-state index contributed by atoms with van der Waals surface area (Å²) in [5.74, 6) is 0.279. The van der Waals surface area contributed by atoms with E-state index in [0.717, 1.165) is 19.2 Å². The molecule has 1 aliphatic carbocycles. The van der Waals surface area contributed by atoms with Crippen LogP contribution in [-0.2, 0) is 6.18 Å². The molecule has 0 unspecified atom stereocenters. The van der Waals surface area contributed by atoms with E-state index < -0.39 is 11.9 Å². The molecule has 1 fully saturated rings. The Morgan fingerprint density at radius 3 is 2.68 bits per heavy atom. The van der Waals surface area contributed by atoms with E-state index in [1.54, 1.807) is 6.07 Å². The number of aromatic nitrogens is 1. The summed E-state index contributed by atoms with van der Waals surface area (Å²) in [7, 11) is 0. The zero-order valence-electron chi connectivity index (χ0n) is 10.9. The largest absolute Gasteiger partial charge is 0.433 e. The Kier molecular flexibility index (Phi) is 4.29. The molecule has 1 aliphatic rings. The van der Waals surface area contributed by atoms with Crippen molar-refractivity contribution in [2.45, 2.75) is 32.0 Å². The minimum atomic E-state index is -4.39. The van der Waals surface area contributed by atoms with Crippen molar-refractivity contribution in [2.24, 2.45) is 0 Å². The molecule has 2 rings (SSSR count). The van der Waals surface area contributed by atoms with E-state index in [9.17, 15) is 13.2 Å². The number of hydrogen-bond acceptors (Lipinski definition) is 3. The smallest absolute Gasteiger partial charge is 0.369 e. The van der Waals surface area contributed by atoms with Crippen molar-refractivity contribution in [3.05, 3.63) is 23.9 Å². The predicted octanol–water partition coefficient (Wildman–Crippen LogP) is 3.00. The summed E-state index contributed by atoms with van der Waals surface area (Å²) in [4.78, 5) is 5.91. The van der Waals surface area contributed by atoms with Crippen LogP contribution in [0.15, 0.2) is 18.2 Å². The van der Waals surface area contributed by atoms with Gasteiger partial charge < -0.3 is 5.32 Å². The molecule has 1 aromatic heterocycles. The Morgan fingerprint density at radius 1 is 1.37 bits per heavy atom. The fraction of sp³-hybridized carbons (Fsp3) is 0.615. The molecule has 6 heteroatoms. The Hall–Kier alpha value is -1.30. The highest BCUT2D eigenvalue weighted by Gasteiger charge is 2.32. The molecule has 1 heterocycles.